The van der Waals surface area contributed by atoms with Gasteiger partial charge in [0, 0.05) is 29.6 Å². The van der Waals surface area contributed by atoms with E-state index in [0.29, 0.717) is 0 Å². The number of aliphatic hydroxyl groups is 1. The van der Waals surface area contributed by atoms with Gasteiger partial charge in [0.25, 0.3) is 10.1 Å². The van der Waals surface area contributed by atoms with Crippen molar-refractivity contribution >= 4 is 39.7 Å². The van der Waals surface area contributed by atoms with Crippen molar-refractivity contribution in [1.82, 2.24) is 0 Å². The van der Waals surface area contributed by atoms with Gasteiger partial charge in [-0.25, -0.2) is 4.18 Å². The Morgan fingerprint density at radius 2 is 2.00 bits per heavy atom. The van der Waals surface area contributed by atoms with Gasteiger partial charge in [0.05, 0.1) is 5.75 Å². The molecule has 0 aliphatic carbocycles. The van der Waals surface area contributed by atoms with Gasteiger partial charge in [0.1, 0.15) is 0 Å². The van der Waals surface area contributed by atoms with E-state index in [2.05, 4.69) is 4.18 Å². The van der Waals surface area contributed by atoms with E-state index in [9.17, 15) is 8.42 Å². The quantitative estimate of drug-likeness (QED) is 0.326. The zero-order valence-electron chi connectivity index (χ0n) is 5.49. The van der Waals surface area contributed by atoms with Crippen LogP contribution in [0, 0.1) is 0 Å². The van der Waals surface area contributed by atoms with Crippen molar-refractivity contribution in [2.24, 2.45) is 0 Å². The molecule has 0 aromatic rings. The fourth-order valence-corrected chi connectivity index (χ4v) is 0.491. The standard InChI is InChI=1S/C3H8O4S.Na/c1-2-8(5,6)7-3-4;/h4H,2-3H2,1H3;. The third-order valence-electron chi connectivity index (χ3n) is 0.586. The summed E-state index contributed by atoms with van der Waals surface area (Å²) in [6.45, 7) is 0.668. The van der Waals surface area contributed by atoms with Crippen LogP contribution in [0.5, 0.6) is 0 Å². The molecule has 0 bridgehead atoms. The summed E-state index contributed by atoms with van der Waals surface area (Å²) in [5, 5.41) is 7.93. The summed E-state index contributed by atoms with van der Waals surface area (Å²) in [6, 6.07) is 0. The average molecular weight is 163 g/mol. The molecule has 6 heteroatoms. The Morgan fingerprint density at radius 3 is 2.11 bits per heavy atom. The van der Waals surface area contributed by atoms with Gasteiger partial charge >= 0.3 is 0 Å². The van der Waals surface area contributed by atoms with Crippen molar-refractivity contribution < 1.29 is 17.7 Å². The summed E-state index contributed by atoms with van der Waals surface area (Å²) in [5.41, 5.74) is 0. The number of rotatable bonds is 3. The minimum absolute atomic E-state index is 0. The zero-order valence-corrected chi connectivity index (χ0v) is 8.31. The Kier molecular flexibility index (Phi) is 7.86. The van der Waals surface area contributed by atoms with Crippen LogP contribution in [0.1, 0.15) is 6.92 Å². The minimum Gasteiger partial charge on any atom is -0.369 e. The van der Waals surface area contributed by atoms with Crippen LogP contribution in [0.3, 0.4) is 0 Å². The van der Waals surface area contributed by atoms with Crippen molar-refractivity contribution in [2.75, 3.05) is 12.5 Å². The van der Waals surface area contributed by atoms with Crippen LogP contribution in [0.15, 0.2) is 0 Å². The van der Waals surface area contributed by atoms with Gasteiger partial charge in [0.2, 0.25) is 0 Å². The van der Waals surface area contributed by atoms with E-state index in [1.807, 2.05) is 0 Å². The Bertz CT molecular complexity index is 140. The van der Waals surface area contributed by atoms with E-state index < -0.39 is 16.9 Å². The molecule has 0 heterocycles. The van der Waals surface area contributed by atoms with Crippen LogP contribution in [-0.2, 0) is 14.3 Å². The van der Waals surface area contributed by atoms with E-state index in [0.717, 1.165) is 0 Å². The first kappa shape index (κ1) is 12.5. The Labute approximate surface area is 76.6 Å². The molecular formula is C3H8NaO4S. The summed E-state index contributed by atoms with van der Waals surface area (Å²) < 4.78 is 24.3. The first-order valence-corrected chi connectivity index (χ1v) is 3.68. The van der Waals surface area contributed by atoms with Gasteiger partial charge < -0.3 is 5.11 Å². The van der Waals surface area contributed by atoms with Crippen molar-refractivity contribution in [3.8, 4) is 0 Å². The van der Waals surface area contributed by atoms with E-state index in [-0.39, 0.29) is 35.3 Å². The minimum atomic E-state index is -3.42. The molecule has 51 valence electrons. The third-order valence-corrected chi connectivity index (χ3v) is 1.76. The molecule has 0 aromatic carbocycles. The maximum Gasteiger partial charge on any atom is 0.269 e. The van der Waals surface area contributed by atoms with Crippen molar-refractivity contribution in [1.29, 1.82) is 0 Å². The van der Waals surface area contributed by atoms with Gasteiger partial charge in [-0.1, -0.05) is 0 Å². The van der Waals surface area contributed by atoms with Crippen LogP contribution >= 0.6 is 0 Å². The normalized spacial score (nSPS) is 10.4. The van der Waals surface area contributed by atoms with Crippen LogP contribution in [0.2, 0.25) is 0 Å². The van der Waals surface area contributed by atoms with E-state index >= 15 is 0 Å². The summed E-state index contributed by atoms with van der Waals surface area (Å²) in [4.78, 5) is 0. The fraction of sp³-hybridized carbons (Fsp3) is 1.00. The van der Waals surface area contributed by atoms with Gasteiger partial charge in [-0.05, 0) is 6.92 Å². The topological polar surface area (TPSA) is 63.6 Å². The predicted molar refractivity (Wildman–Crippen MR) is 33.4 cm³/mol. The Balaban J connectivity index is 0. The number of hydrogen-bond donors (Lipinski definition) is 1. The molecule has 0 amide bonds. The first-order valence-electron chi connectivity index (χ1n) is 2.10. The molecule has 0 unspecified atom stereocenters. The number of hydrogen-bond acceptors (Lipinski definition) is 4. The summed E-state index contributed by atoms with van der Waals surface area (Å²) in [5.74, 6) is -0.104. The van der Waals surface area contributed by atoms with Crippen molar-refractivity contribution in [2.45, 2.75) is 6.92 Å². The van der Waals surface area contributed by atoms with E-state index in [4.69, 9.17) is 5.11 Å². The predicted octanol–water partition coefficient (Wildman–Crippen LogP) is -1.08. The molecule has 0 atom stereocenters. The molecule has 0 saturated carbocycles. The molecule has 0 spiro atoms. The summed E-state index contributed by atoms with van der Waals surface area (Å²) in [7, 11) is -3.42. The first-order chi connectivity index (χ1) is 3.62. The summed E-state index contributed by atoms with van der Waals surface area (Å²) in [6.07, 6.45) is 0. The van der Waals surface area contributed by atoms with Gasteiger partial charge in [0.15, 0.2) is 6.79 Å². The smallest absolute Gasteiger partial charge is 0.269 e. The molecule has 4 nitrogen and oxygen atoms in total. The SMILES string of the molecule is CCS(=O)(=O)OCO.[Na]. The third kappa shape index (κ3) is 6.76. The van der Waals surface area contributed by atoms with E-state index in [1.54, 1.807) is 0 Å². The number of aliphatic hydroxyl groups excluding tert-OH is 1. The molecule has 0 aliphatic heterocycles. The molecule has 0 rings (SSSR count). The van der Waals surface area contributed by atoms with Crippen molar-refractivity contribution in [3.63, 3.8) is 0 Å². The molecule has 0 saturated heterocycles. The van der Waals surface area contributed by atoms with Crippen molar-refractivity contribution in [3.05, 3.63) is 0 Å². The monoisotopic (exact) mass is 163 g/mol. The molecule has 0 aliphatic rings. The van der Waals surface area contributed by atoms with Gasteiger partial charge in [-0.15, -0.1) is 0 Å². The molecular weight excluding hydrogens is 155 g/mol. The van der Waals surface area contributed by atoms with E-state index in [1.165, 1.54) is 6.92 Å². The molecule has 0 fully saturated rings. The maximum absolute atomic E-state index is 10.2. The van der Waals surface area contributed by atoms with Crippen LogP contribution in [0.4, 0.5) is 0 Å². The van der Waals surface area contributed by atoms with Crippen LogP contribution in [0.25, 0.3) is 0 Å². The zero-order chi connectivity index (χ0) is 6.62. The molecule has 1 radical (unpaired) electrons. The fourth-order valence-electron chi connectivity index (χ4n) is 0.164. The Hall–Kier alpha value is 0.870. The average Bonchev–Trinajstić information content (AvgIpc) is 1.67. The molecule has 9 heavy (non-hydrogen) atoms. The molecule has 0 aromatic heterocycles. The second-order valence-corrected chi connectivity index (χ2v) is 3.02. The second-order valence-electron chi connectivity index (χ2n) is 1.09. The maximum atomic E-state index is 10.2. The van der Waals surface area contributed by atoms with Crippen LogP contribution in [-0.4, -0.2) is 55.6 Å². The second kappa shape index (κ2) is 5.64. The van der Waals surface area contributed by atoms with Crippen LogP contribution < -0.4 is 0 Å². The molecule has 1 N–H and O–H groups in total. The van der Waals surface area contributed by atoms with Gasteiger partial charge in [-0.3, -0.25) is 0 Å². The summed E-state index contributed by atoms with van der Waals surface area (Å²) >= 11 is 0. The largest absolute Gasteiger partial charge is 0.369 e. The Morgan fingerprint density at radius 1 is 1.56 bits per heavy atom. The van der Waals surface area contributed by atoms with Gasteiger partial charge in [-0.2, -0.15) is 8.42 Å².